The van der Waals surface area contributed by atoms with Gasteiger partial charge in [0.15, 0.2) is 11.6 Å². The van der Waals surface area contributed by atoms with Crippen LogP contribution in [-0.4, -0.2) is 47.2 Å². The van der Waals surface area contributed by atoms with Gasteiger partial charge in [-0.1, -0.05) is 0 Å². The van der Waals surface area contributed by atoms with Gasteiger partial charge in [0, 0.05) is 42.7 Å². The lowest BCUT2D eigenvalue weighted by Crippen LogP contribution is -2.30. The number of rotatable bonds is 5. The van der Waals surface area contributed by atoms with Crippen LogP contribution in [0.15, 0.2) is 43.0 Å². The predicted molar refractivity (Wildman–Crippen MR) is 103 cm³/mol. The van der Waals surface area contributed by atoms with E-state index < -0.39 is 17.8 Å². The van der Waals surface area contributed by atoms with Crippen LogP contribution < -0.4 is 10.6 Å². The number of fused-ring (bicyclic) bond motifs is 1. The molecule has 4 aromatic rings. The van der Waals surface area contributed by atoms with E-state index in [1.54, 1.807) is 36.0 Å². The molecule has 13 heteroatoms. The molecule has 160 valence electrons. The van der Waals surface area contributed by atoms with Crippen LogP contribution in [0.2, 0.25) is 0 Å². The van der Waals surface area contributed by atoms with Crippen LogP contribution in [0.25, 0.3) is 16.8 Å². The minimum absolute atomic E-state index is 0.287. The van der Waals surface area contributed by atoms with Gasteiger partial charge < -0.3 is 9.72 Å². The van der Waals surface area contributed by atoms with Gasteiger partial charge in [-0.05, 0) is 23.4 Å². The second-order valence-corrected chi connectivity index (χ2v) is 6.60. The average Bonchev–Trinajstić information content (AvgIpc) is 3.32. The van der Waals surface area contributed by atoms with E-state index in [2.05, 4.69) is 36.0 Å². The number of pyridine rings is 2. The number of aryl methyl sites for hydroxylation is 1. The quantitative estimate of drug-likeness (QED) is 0.501. The number of aromatic nitrogens is 7. The van der Waals surface area contributed by atoms with Gasteiger partial charge in [0.25, 0.3) is 0 Å². The summed E-state index contributed by atoms with van der Waals surface area (Å²) < 4.78 is 40.4. The molecule has 0 unspecified atom stereocenters. The van der Waals surface area contributed by atoms with Crippen molar-refractivity contribution in [3.8, 4) is 11.1 Å². The molecule has 0 aliphatic carbocycles. The van der Waals surface area contributed by atoms with E-state index in [1.807, 2.05) is 0 Å². The first-order chi connectivity index (χ1) is 14.8. The summed E-state index contributed by atoms with van der Waals surface area (Å²) in [6, 6.07) is 3.84. The largest absolute Gasteiger partial charge is 0.417 e. The first-order valence-corrected chi connectivity index (χ1v) is 9.07. The molecule has 0 radical (unpaired) electrons. The third-order valence-electron chi connectivity index (χ3n) is 4.28. The molecule has 4 aromatic heterocycles. The number of nitrogens with zero attached hydrogens (tertiary/aromatic N) is 7. The Bertz CT molecular complexity index is 1230. The number of urea groups is 1. The third-order valence-corrected chi connectivity index (χ3v) is 4.28. The summed E-state index contributed by atoms with van der Waals surface area (Å²) in [6.45, 7) is 0.303. The molecular weight excluding hydrogens is 415 g/mol. The Hall–Kier alpha value is -4.03. The van der Waals surface area contributed by atoms with Crippen molar-refractivity contribution in [1.29, 1.82) is 0 Å². The van der Waals surface area contributed by atoms with E-state index in [0.29, 0.717) is 35.6 Å². The van der Waals surface area contributed by atoms with Crippen LogP contribution >= 0.6 is 0 Å². The second-order valence-electron chi connectivity index (χ2n) is 6.60. The summed E-state index contributed by atoms with van der Waals surface area (Å²) in [5, 5.41) is 16.8. The lowest BCUT2D eigenvalue weighted by molar-refractivity contribution is -0.137. The van der Waals surface area contributed by atoms with Crippen LogP contribution in [0.5, 0.6) is 0 Å². The fraction of sp³-hybridized carbons (Fsp3) is 0.222. The Morgan fingerprint density at radius 3 is 2.74 bits per heavy atom. The molecule has 0 aliphatic heterocycles. The fourth-order valence-corrected chi connectivity index (χ4v) is 2.85. The molecule has 0 aliphatic rings. The summed E-state index contributed by atoms with van der Waals surface area (Å²) in [5.41, 5.74) is 0.528. The molecule has 0 atom stereocenters. The van der Waals surface area contributed by atoms with E-state index in [0.717, 1.165) is 12.3 Å². The molecule has 0 aromatic carbocycles. The van der Waals surface area contributed by atoms with Crippen molar-refractivity contribution in [2.24, 2.45) is 7.05 Å². The molecule has 0 saturated heterocycles. The number of nitrogens with one attached hydrogen (secondary N) is 2. The lowest BCUT2D eigenvalue weighted by atomic mass is 10.1. The van der Waals surface area contributed by atoms with Crippen molar-refractivity contribution >= 4 is 17.5 Å². The maximum atomic E-state index is 12.9. The number of alkyl halides is 3. The molecule has 0 fully saturated rings. The van der Waals surface area contributed by atoms with Gasteiger partial charge in [-0.25, -0.2) is 9.78 Å². The van der Waals surface area contributed by atoms with Crippen molar-refractivity contribution in [2.45, 2.75) is 12.6 Å². The number of anilines is 1. The molecule has 2 N–H and O–H groups in total. The Labute approximate surface area is 173 Å². The predicted octanol–water partition coefficient (Wildman–Crippen LogP) is 2.30. The highest BCUT2D eigenvalue weighted by molar-refractivity contribution is 5.88. The molecular formula is C18H16F3N9O. The number of tetrazole rings is 1. The van der Waals surface area contributed by atoms with Crippen molar-refractivity contribution in [2.75, 3.05) is 11.9 Å². The summed E-state index contributed by atoms with van der Waals surface area (Å²) in [5.74, 6) is 0.793. The Kier molecular flexibility index (Phi) is 5.23. The molecule has 2 amide bonds. The minimum Gasteiger partial charge on any atom is -0.337 e. The molecule has 10 nitrogen and oxygen atoms in total. The Morgan fingerprint density at radius 2 is 2.00 bits per heavy atom. The smallest absolute Gasteiger partial charge is 0.337 e. The zero-order valence-electron chi connectivity index (χ0n) is 16.1. The summed E-state index contributed by atoms with van der Waals surface area (Å²) in [7, 11) is 1.65. The van der Waals surface area contributed by atoms with Crippen LogP contribution in [-0.2, 0) is 19.6 Å². The number of hydrogen-bond donors (Lipinski definition) is 2. The van der Waals surface area contributed by atoms with Gasteiger partial charge in [0.1, 0.15) is 5.65 Å². The summed E-state index contributed by atoms with van der Waals surface area (Å²) >= 11 is 0. The van der Waals surface area contributed by atoms with Gasteiger partial charge >= 0.3 is 12.2 Å². The minimum atomic E-state index is -4.48. The zero-order chi connectivity index (χ0) is 22.0. The third kappa shape index (κ3) is 4.76. The molecule has 0 bridgehead atoms. The van der Waals surface area contributed by atoms with Crippen molar-refractivity contribution in [3.63, 3.8) is 0 Å². The number of amides is 2. The Morgan fingerprint density at radius 1 is 1.16 bits per heavy atom. The monoisotopic (exact) mass is 431 g/mol. The summed E-state index contributed by atoms with van der Waals surface area (Å²) in [4.78, 5) is 21.3. The second kappa shape index (κ2) is 8.01. The molecule has 0 saturated carbocycles. The van der Waals surface area contributed by atoms with Crippen LogP contribution in [0, 0.1) is 0 Å². The number of imidazole rings is 1. The van der Waals surface area contributed by atoms with Crippen LogP contribution in [0.4, 0.5) is 23.8 Å². The number of carbonyl (C=O) groups is 1. The molecule has 0 spiro atoms. The highest BCUT2D eigenvalue weighted by atomic mass is 19.4. The van der Waals surface area contributed by atoms with E-state index in [4.69, 9.17) is 0 Å². The van der Waals surface area contributed by atoms with Gasteiger partial charge in [-0.3, -0.25) is 10.3 Å². The van der Waals surface area contributed by atoms with Crippen molar-refractivity contribution in [3.05, 3.63) is 54.4 Å². The van der Waals surface area contributed by atoms with Gasteiger partial charge in [-0.15, -0.1) is 10.2 Å². The molecule has 4 rings (SSSR count). The van der Waals surface area contributed by atoms with Crippen LogP contribution in [0.1, 0.15) is 11.4 Å². The zero-order valence-corrected chi connectivity index (χ0v) is 16.1. The highest BCUT2D eigenvalue weighted by Gasteiger charge is 2.31. The lowest BCUT2D eigenvalue weighted by Gasteiger charge is -2.08. The number of carbonyl (C=O) groups excluding carboxylic acids is 1. The highest BCUT2D eigenvalue weighted by Crippen LogP contribution is 2.31. The number of hydrogen-bond acceptors (Lipinski definition) is 6. The van der Waals surface area contributed by atoms with Crippen molar-refractivity contribution < 1.29 is 18.0 Å². The van der Waals surface area contributed by atoms with Crippen molar-refractivity contribution in [1.82, 2.24) is 39.9 Å². The first-order valence-electron chi connectivity index (χ1n) is 9.07. The van der Waals surface area contributed by atoms with Gasteiger partial charge in [0.2, 0.25) is 0 Å². The number of halogens is 3. The fourth-order valence-electron chi connectivity index (χ4n) is 2.85. The average molecular weight is 431 g/mol. The maximum Gasteiger partial charge on any atom is 0.417 e. The van der Waals surface area contributed by atoms with Gasteiger partial charge in [0.05, 0.1) is 18.8 Å². The van der Waals surface area contributed by atoms with E-state index in [1.165, 1.54) is 11.0 Å². The van der Waals surface area contributed by atoms with Crippen LogP contribution in [0.3, 0.4) is 0 Å². The molecule has 31 heavy (non-hydrogen) atoms. The topological polar surface area (TPSA) is 115 Å². The molecule has 4 heterocycles. The standard InChI is InChI=1S/C18H16F3N9O/c1-29-27-14(26-28-29)4-5-23-17(31)25-15-10-30-9-11(2-3-16(30)24-15)12-6-13(8-22-7-12)18(19,20)21/h2-3,6-10H,4-5H2,1H3,(H2,23,25,31). The maximum absolute atomic E-state index is 12.9. The first kappa shape index (κ1) is 20.3. The van der Waals surface area contributed by atoms with Gasteiger partial charge in [-0.2, -0.15) is 18.0 Å². The normalized spacial score (nSPS) is 11.6. The van der Waals surface area contributed by atoms with E-state index in [9.17, 15) is 18.0 Å². The van der Waals surface area contributed by atoms with E-state index >= 15 is 0 Å². The Balaban J connectivity index is 1.43. The van der Waals surface area contributed by atoms with E-state index in [-0.39, 0.29) is 5.82 Å². The SMILES string of the molecule is Cn1nnc(CCNC(=O)Nc2cn3cc(-c4cncc(C(F)(F)F)c4)ccc3n2)n1. The summed E-state index contributed by atoms with van der Waals surface area (Å²) in [6.07, 6.45) is 1.24.